The molecule has 0 atom stereocenters. The number of halogens is 3. The molecule has 3 rings (SSSR count). The molecule has 1 amide bonds. The molecular weight excluding hydrogens is 359 g/mol. The van der Waals surface area contributed by atoms with Gasteiger partial charge in [0, 0.05) is 32.4 Å². The first-order chi connectivity index (χ1) is 12.8. The summed E-state index contributed by atoms with van der Waals surface area (Å²) < 4.78 is 38.0. The highest BCUT2D eigenvalue weighted by atomic mass is 19.4. The molecular formula is C19H20F3N3O2. The molecule has 1 aliphatic rings. The van der Waals surface area contributed by atoms with E-state index in [1.807, 2.05) is 11.8 Å². The number of phenolic OH excluding ortho intramolecular Hbond substituents is 1. The molecule has 1 aromatic carbocycles. The average molecular weight is 379 g/mol. The van der Waals surface area contributed by atoms with E-state index in [2.05, 4.69) is 4.98 Å². The van der Waals surface area contributed by atoms with Crippen molar-refractivity contribution >= 4 is 11.7 Å². The molecule has 0 unspecified atom stereocenters. The minimum Gasteiger partial charge on any atom is -0.507 e. The topological polar surface area (TPSA) is 56.7 Å². The predicted molar refractivity (Wildman–Crippen MR) is 94.8 cm³/mol. The van der Waals surface area contributed by atoms with Gasteiger partial charge < -0.3 is 14.9 Å². The first-order valence-corrected chi connectivity index (χ1v) is 8.63. The Hall–Kier alpha value is -2.77. The fourth-order valence-corrected chi connectivity index (χ4v) is 3.08. The Morgan fingerprint density at radius 1 is 1.11 bits per heavy atom. The van der Waals surface area contributed by atoms with Crippen LogP contribution in [-0.4, -0.2) is 47.1 Å². The molecule has 27 heavy (non-hydrogen) atoms. The molecule has 2 aromatic rings. The molecule has 1 N–H and O–H groups in total. The number of nitrogens with zero attached hydrogens (tertiary/aromatic N) is 3. The zero-order chi connectivity index (χ0) is 19.6. The third-order valence-corrected chi connectivity index (χ3v) is 4.56. The molecule has 1 saturated heterocycles. The lowest BCUT2D eigenvalue weighted by Crippen LogP contribution is -2.35. The van der Waals surface area contributed by atoms with Crippen LogP contribution in [0.15, 0.2) is 36.5 Å². The van der Waals surface area contributed by atoms with Crippen molar-refractivity contribution in [3.8, 4) is 5.75 Å². The van der Waals surface area contributed by atoms with Crippen molar-refractivity contribution in [3.05, 3.63) is 53.2 Å². The number of aromatic nitrogens is 1. The fraction of sp³-hybridized carbons (Fsp3) is 0.368. The first kappa shape index (κ1) is 19.0. The number of benzene rings is 1. The maximum Gasteiger partial charge on any atom is 0.417 e. The van der Waals surface area contributed by atoms with Crippen LogP contribution in [0.4, 0.5) is 19.0 Å². The van der Waals surface area contributed by atoms with Gasteiger partial charge in [-0.1, -0.05) is 11.6 Å². The second kappa shape index (κ2) is 7.46. The van der Waals surface area contributed by atoms with Crippen LogP contribution in [0.3, 0.4) is 0 Å². The van der Waals surface area contributed by atoms with E-state index in [-0.39, 0.29) is 17.2 Å². The lowest BCUT2D eigenvalue weighted by Gasteiger charge is -2.23. The molecule has 0 bridgehead atoms. The summed E-state index contributed by atoms with van der Waals surface area (Å²) in [6.45, 7) is 3.79. The summed E-state index contributed by atoms with van der Waals surface area (Å²) in [5.41, 5.74) is 0.352. The number of amides is 1. The van der Waals surface area contributed by atoms with E-state index in [1.165, 1.54) is 12.1 Å². The summed E-state index contributed by atoms with van der Waals surface area (Å²) >= 11 is 0. The number of carbonyl (C=O) groups excluding carboxylic acids is 1. The van der Waals surface area contributed by atoms with Gasteiger partial charge in [0.15, 0.2) is 0 Å². The molecule has 144 valence electrons. The van der Waals surface area contributed by atoms with Gasteiger partial charge in [-0.15, -0.1) is 0 Å². The first-order valence-electron chi connectivity index (χ1n) is 8.63. The van der Waals surface area contributed by atoms with Gasteiger partial charge >= 0.3 is 6.18 Å². The number of pyridine rings is 1. The van der Waals surface area contributed by atoms with Crippen molar-refractivity contribution in [2.24, 2.45) is 0 Å². The summed E-state index contributed by atoms with van der Waals surface area (Å²) in [7, 11) is 0. The summed E-state index contributed by atoms with van der Waals surface area (Å²) in [6, 6.07) is 7.25. The maximum absolute atomic E-state index is 12.7. The number of aryl methyl sites for hydroxylation is 1. The number of hydrogen-bond acceptors (Lipinski definition) is 4. The second-order valence-electron chi connectivity index (χ2n) is 6.56. The van der Waals surface area contributed by atoms with Crippen LogP contribution in [0.2, 0.25) is 0 Å². The highest BCUT2D eigenvalue weighted by molar-refractivity contribution is 5.97. The van der Waals surface area contributed by atoms with E-state index >= 15 is 0 Å². The van der Waals surface area contributed by atoms with Crippen LogP contribution in [-0.2, 0) is 6.18 Å². The van der Waals surface area contributed by atoms with Gasteiger partial charge in [-0.25, -0.2) is 4.98 Å². The van der Waals surface area contributed by atoms with E-state index < -0.39 is 11.7 Å². The third-order valence-electron chi connectivity index (χ3n) is 4.56. The quantitative estimate of drug-likeness (QED) is 0.868. The summed E-state index contributed by atoms with van der Waals surface area (Å²) in [4.78, 5) is 20.2. The molecule has 5 nitrogen and oxygen atoms in total. The number of anilines is 1. The van der Waals surface area contributed by atoms with Crippen LogP contribution in [0, 0.1) is 6.92 Å². The van der Waals surface area contributed by atoms with Crippen LogP contribution < -0.4 is 4.90 Å². The zero-order valence-electron chi connectivity index (χ0n) is 14.8. The van der Waals surface area contributed by atoms with Crippen LogP contribution in [0.25, 0.3) is 0 Å². The highest BCUT2D eigenvalue weighted by Gasteiger charge is 2.31. The zero-order valence-corrected chi connectivity index (χ0v) is 14.8. The summed E-state index contributed by atoms with van der Waals surface area (Å²) in [6.07, 6.45) is -2.93. The van der Waals surface area contributed by atoms with Crippen molar-refractivity contribution in [2.75, 3.05) is 31.1 Å². The Bertz CT molecular complexity index is 822. The van der Waals surface area contributed by atoms with Crippen molar-refractivity contribution in [3.63, 3.8) is 0 Å². The molecule has 1 aromatic heterocycles. The third kappa shape index (κ3) is 4.32. The van der Waals surface area contributed by atoms with E-state index in [4.69, 9.17) is 0 Å². The molecule has 0 spiro atoms. The summed E-state index contributed by atoms with van der Waals surface area (Å²) in [5, 5.41) is 9.97. The Kier molecular flexibility index (Phi) is 5.25. The van der Waals surface area contributed by atoms with Crippen molar-refractivity contribution < 1.29 is 23.1 Å². The summed E-state index contributed by atoms with van der Waals surface area (Å²) in [5.74, 6) is 0.144. The Labute approximate surface area is 155 Å². The van der Waals surface area contributed by atoms with Crippen molar-refractivity contribution in [1.29, 1.82) is 0 Å². The van der Waals surface area contributed by atoms with Gasteiger partial charge in [0.2, 0.25) is 0 Å². The van der Waals surface area contributed by atoms with Gasteiger partial charge in [-0.05, 0) is 37.6 Å². The van der Waals surface area contributed by atoms with E-state index in [0.29, 0.717) is 38.4 Å². The Morgan fingerprint density at radius 3 is 2.56 bits per heavy atom. The van der Waals surface area contributed by atoms with Crippen LogP contribution >= 0.6 is 0 Å². The Morgan fingerprint density at radius 2 is 1.89 bits per heavy atom. The largest absolute Gasteiger partial charge is 0.507 e. The Balaban J connectivity index is 1.70. The molecule has 1 aliphatic heterocycles. The standard InChI is InChI=1S/C19H20F3N3O2/c1-13-3-5-16(26)15(11-13)18(27)25-8-2-7-24(9-10-25)17-6-4-14(12-23-17)19(20,21)22/h3-6,11-12,26H,2,7-10H2,1H3. The van der Waals surface area contributed by atoms with Gasteiger partial charge in [0.05, 0.1) is 11.1 Å². The number of phenols is 1. The molecule has 8 heteroatoms. The minimum atomic E-state index is -4.41. The molecule has 2 heterocycles. The van der Waals surface area contributed by atoms with E-state index in [9.17, 15) is 23.1 Å². The van der Waals surface area contributed by atoms with E-state index in [1.54, 1.807) is 17.0 Å². The monoisotopic (exact) mass is 379 g/mol. The lowest BCUT2D eigenvalue weighted by atomic mass is 10.1. The molecule has 1 fully saturated rings. The van der Waals surface area contributed by atoms with E-state index in [0.717, 1.165) is 17.8 Å². The van der Waals surface area contributed by atoms with Crippen LogP contribution in [0.1, 0.15) is 27.9 Å². The fourth-order valence-electron chi connectivity index (χ4n) is 3.08. The molecule has 0 radical (unpaired) electrons. The van der Waals surface area contributed by atoms with Crippen molar-refractivity contribution in [2.45, 2.75) is 19.5 Å². The van der Waals surface area contributed by atoms with Gasteiger partial charge in [-0.2, -0.15) is 13.2 Å². The molecule has 0 saturated carbocycles. The predicted octanol–water partition coefficient (Wildman–Crippen LogP) is 3.47. The number of carbonyl (C=O) groups is 1. The highest BCUT2D eigenvalue weighted by Crippen LogP contribution is 2.29. The van der Waals surface area contributed by atoms with Crippen molar-refractivity contribution in [1.82, 2.24) is 9.88 Å². The number of alkyl halides is 3. The van der Waals surface area contributed by atoms with Gasteiger partial charge in [0.1, 0.15) is 11.6 Å². The maximum atomic E-state index is 12.7. The second-order valence-corrected chi connectivity index (χ2v) is 6.56. The minimum absolute atomic E-state index is 0.0592. The number of hydrogen-bond donors (Lipinski definition) is 1. The van der Waals surface area contributed by atoms with Gasteiger partial charge in [-0.3, -0.25) is 4.79 Å². The lowest BCUT2D eigenvalue weighted by molar-refractivity contribution is -0.137. The SMILES string of the molecule is Cc1ccc(O)c(C(=O)N2CCCN(c3ccc(C(F)(F)F)cn3)CC2)c1. The average Bonchev–Trinajstić information content (AvgIpc) is 2.89. The smallest absolute Gasteiger partial charge is 0.417 e. The normalized spacial score (nSPS) is 15.6. The number of aromatic hydroxyl groups is 1. The molecule has 0 aliphatic carbocycles. The number of rotatable bonds is 2. The van der Waals surface area contributed by atoms with Crippen LogP contribution in [0.5, 0.6) is 5.75 Å². The van der Waals surface area contributed by atoms with Gasteiger partial charge in [0.25, 0.3) is 5.91 Å².